The Bertz CT molecular complexity index is 501. The standard InChI is InChI=1S/C12H8ClNOS/c13-10-6-2-1-5-9(10)12(15)16-11-7-3-4-8-14-11/h1-8H. The van der Waals surface area contributed by atoms with Crippen molar-refractivity contribution in [2.45, 2.75) is 5.03 Å². The molecule has 2 rings (SSSR count). The van der Waals surface area contributed by atoms with Gasteiger partial charge in [0.05, 0.1) is 5.02 Å². The molecule has 0 radical (unpaired) electrons. The molecule has 80 valence electrons. The number of hydrogen-bond acceptors (Lipinski definition) is 3. The summed E-state index contributed by atoms with van der Waals surface area (Å²) < 4.78 is 0. The molecule has 1 aromatic heterocycles. The topological polar surface area (TPSA) is 30.0 Å². The fraction of sp³-hybridized carbons (Fsp3) is 0. The van der Waals surface area contributed by atoms with Crippen molar-refractivity contribution >= 4 is 28.5 Å². The third-order valence-corrected chi connectivity index (χ3v) is 3.11. The van der Waals surface area contributed by atoms with Gasteiger partial charge in [-0.1, -0.05) is 29.8 Å². The van der Waals surface area contributed by atoms with Crippen LogP contribution in [0.15, 0.2) is 53.7 Å². The van der Waals surface area contributed by atoms with Crippen molar-refractivity contribution in [1.29, 1.82) is 0 Å². The first-order valence-corrected chi connectivity index (χ1v) is 5.84. The summed E-state index contributed by atoms with van der Waals surface area (Å²) in [4.78, 5) is 15.9. The largest absolute Gasteiger partial charge is 0.281 e. The van der Waals surface area contributed by atoms with Gasteiger partial charge in [-0.3, -0.25) is 4.79 Å². The second-order valence-electron chi connectivity index (χ2n) is 3.04. The minimum atomic E-state index is -0.0932. The van der Waals surface area contributed by atoms with Gasteiger partial charge >= 0.3 is 0 Å². The van der Waals surface area contributed by atoms with E-state index in [1.165, 1.54) is 0 Å². The smallest absolute Gasteiger partial charge is 0.227 e. The molecule has 2 aromatic rings. The molecule has 1 aromatic carbocycles. The lowest BCUT2D eigenvalue weighted by molar-refractivity contribution is 0.108. The lowest BCUT2D eigenvalue weighted by Crippen LogP contribution is -1.94. The molecule has 0 fully saturated rings. The van der Waals surface area contributed by atoms with Gasteiger partial charge < -0.3 is 0 Å². The molecule has 0 aliphatic heterocycles. The molecule has 0 saturated carbocycles. The highest BCUT2D eigenvalue weighted by molar-refractivity contribution is 8.14. The Morgan fingerprint density at radius 1 is 1.12 bits per heavy atom. The van der Waals surface area contributed by atoms with Crippen LogP contribution in [0.25, 0.3) is 0 Å². The van der Waals surface area contributed by atoms with Crippen LogP contribution in [0.1, 0.15) is 10.4 Å². The van der Waals surface area contributed by atoms with Crippen LogP contribution in [0, 0.1) is 0 Å². The van der Waals surface area contributed by atoms with Gasteiger partial charge in [0.1, 0.15) is 5.03 Å². The van der Waals surface area contributed by atoms with Crippen LogP contribution in [-0.2, 0) is 0 Å². The Kier molecular flexibility index (Phi) is 3.59. The summed E-state index contributed by atoms with van der Waals surface area (Å²) in [5, 5.41) is 1.05. The molecule has 4 heteroatoms. The first-order valence-electron chi connectivity index (χ1n) is 4.65. The van der Waals surface area contributed by atoms with E-state index in [0.717, 1.165) is 11.8 Å². The number of carbonyl (C=O) groups excluding carboxylic acids is 1. The third-order valence-electron chi connectivity index (χ3n) is 1.93. The maximum Gasteiger partial charge on any atom is 0.227 e. The molecule has 0 saturated heterocycles. The van der Waals surface area contributed by atoms with Crippen molar-refractivity contribution in [3.63, 3.8) is 0 Å². The fourth-order valence-corrected chi connectivity index (χ4v) is 2.20. The molecule has 0 spiro atoms. The number of nitrogens with zero attached hydrogens (tertiary/aromatic N) is 1. The van der Waals surface area contributed by atoms with E-state index < -0.39 is 0 Å². The third kappa shape index (κ3) is 2.62. The molecule has 0 amide bonds. The summed E-state index contributed by atoms with van der Waals surface area (Å²) >= 11 is 7.01. The van der Waals surface area contributed by atoms with Crippen LogP contribution in [-0.4, -0.2) is 10.1 Å². The highest BCUT2D eigenvalue weighted by Crippen LogP contribution is 2.24. The molecule has 0 N–H and O–H groups in total. The van der Waals surface area contributed by atoms with E-state index in [1.54, 1.807) is 36.5 Å². The van der Waals surface area contributed by atoms with Crippen molar-refractivity contribution in [1.82, 2.24) is 4.98 Å². The van der Waals surface area contributed by atoms with Crippen LogP contribution in [0.4, 0.5) is 0 Å². The number of hydrogen-bond donors (Lipinski definition) is 0. The maximum absolute atomic E-state index is 11.9. The van der Waals surface area contributed by atoms with Crippen molar-refractivity contribution in [2.24, 2.45) is 0 Å². The van der Waals surface area contributed by atoms with Gasteiger partial charge in [-0.25, -0.2) is 4.98 Å². The number of carbonyl (C=O) groups is 1. The Hall–Kier alpha value is -1.32. The summed E-state index contributed by atoms with van der Waals surface area (Å²) in [6.45, 7) is 0. The number of halogens is 1. The normalized spacial score (nSPS) is 10.1. The Morgan fingerprint density at radius 2 is 1.88 bits per heavy atom. The molecule has 0 aliphatic carbocycles. The van der Waals surface area contributed by atoms with Gasteiger partial charge in [0, 0.05) is 11.8 Å². The SMILES string of the molecule is O=C(Sc1ccccn1)c1ccccc1Cl. The predicted molar refractivity (Wildman–Crippen MR) is 65.9 cm³/mol. The Balaban J connectivity index is 2.19. The van der Waals surface area contributed by atoms with Gasteiger partial charge in [-0.05, 0) is 36.0 Å². The summed E-state index contributed by atoms with van der Waals surface area (Å²) in [5.74, 6) is 0. The Labute approximate surface area is 103 Å². The molecular formula is C12H8ClNOS. The van der Waals surface area contributed by atoms with Gasteiger partial charge in [-0.2, -0.15) is 0 Å². The fourth-order valence-electron chi connectivity index (χ4n) is 1.18. The number of thioether (sulfide) groups is 1. The number of pyridine rings is 1. The van der Waals surface area contributed by atoms with Crippen LogP contribution in [0.3, 0.4) is 0 Å². The number of aromatic nitrogens is 1. The average Bonchev–Trinajstić information content (AvgIpc) is 2.31. The van der Waals surface area contributed by atoms with Gasteiger partial charge in [0.15, 0.2) is 0 Å². The zero-order valence-corrected chi connectivity index (χ0v) is 9.83. The van der Waals surface area contributed by atoms with Gasteiger partial charge in [0.2, 0.25) is 5.12 Å². The van der Waals surface area contributed by atoms with Crippen LogP contribution >= 0.6 is 23.4 Å². The lowest BCUT2D eigenvalue weighted by atomic mass is 10.2. The summed E-state index contributed by atoms with van der Waals surface area (Å²) in [6, 6.07) is 12.4. The maximum atomic E-state index is 11.9. The lowest BCUT2D eigenvalue weighted by Gasteiger charge is -2.01. The minimum Gasteiger partial charge on any atom is -0.281 e. The number of benzene rings is 1. The van der Waals surface area contributed by atoms with E-state index >= 15 is 0 Å². The first-order chi connectivity index (χ1) is 7.77. The minimum absolute atomic E-state index is 0.0932. The monoisotopic (exact) mass is 249 g/mol. The van der Waals surface area contributed by atoms with Crippen LogP contribution in [0.2, 0.25) is 5.02 Å². The van der Waals surface area contributed by atoms with E-state index in [1.807, 2.05) is 12.1 Å². The molecule has 16 heavy (non-hydrogen) atoms. The first kappa shape index (κ1) is 11.2. The number of rotatable bonds is 2. The van der Waals surface area contributed by atoms with E-state index in [2.05, 4.69) is 4.98 Å². The second-order valence-corrected chi connectivity index (χ2v) is 4.44. The zero-order chi connectivity index (χ0) is 11.4. The zero-order valence-electron chi connectivity index (χ0n) is 8.26. The van der Waals surface area contributed by atoms with Crippen molar-refractivity contribution in [2.75, 3.05) is 0 Å². The van der Waals surface area contributed by atoms with E-state index in [4.69, 9.17) is 11.6 Å². The molecule has 1 heterocycles. The molecule has 0 atom stereocenters. The van der Waals surface area contributed by atoms with Crippen molar-refractivity contribution in [3.8, 4) is 0 Å². The summed E-state index contributed by atoms with van der Waals surface area (Å²) in [7, 11) is 0. The molecular weight excluding hydrogens is 242 g/mol. The van der Waals surface area contributed by atoms with E-state index in [0.29, 0.717) is 15.6 Å². The molecule has 0 unspecified atom stereocenters. The van der Waals surface area contributed by atoms with Crippen LogP contribution in [0.5, 0.6) is 0 Å². The van der Waals surface area contributed by atoms with Gasteiger partial charge in [0.25, 0.3) is 0 Å². The van der Waals surface area contributed by atoms with Crippen LogP contribution < -0.4 is 0 Å². The molecule has 0 aliphatic rings. The molecule has 2 nitrogen and oxygen atoms in total. The van der Waals surface area contributed by atoms with E-state index in [-0.39, 0.29) is 5.12 Å². The molecule has 0 bridgehead atoms. The predicted octanol–water partition coefficient (Wildman–Crippen LogP) is 3.67. The summed E-state index contributed by atoms with van der Waals surface area (Å²) in [6.07, 6.45) is 1.65. The summed E-state index contributed by atoms with van der Waals surface area (Å²) in [5.41, 5.74) is 0.514. The van der Waals surface area contributed by atoms with Gasteiger partial charge in [-0.15, -0.1) is 0 Å². The van der Waals surface area contributed by atoms with Crippen molar-refractivity contribution in [3.05, 3.63) is 59.2 Å². The average molecular weight is 250 g/mol. The quantitative estimate of drug-likeness (QED) is 0.761. The second kappa shape index (κ2) is 5.14. The Morgan fingerprint density at radius 3 is 2.56 bits per heavy atom. The van der Waals surface area contributed by atoms with Crippen molar-refractivity contribution < 1.29 is 4.79 Å². The highest BCUT2D eigenvalue weighted by atomic mass is 35.5. The van der Waals surface area contributed by atoms with E-state index in [9.17, 15) is 4.79 Å². The highest BCUT2D eigenvalue weighted by Gasteiger charge is 2.11.